The molecule has 110 valence electrons. The van der Waals surface area contributed by atoms with Crippen LogP contribution < -0.4 is 11.3 Å². The van der Waals surface area contributed by atoms with E-state index in [0.29, 0.717) is 28.0 Å². The first-order valence-electron chi connectivity index (χ1n) is 7.23. The van der Waals surface area contributed by atoms with Crippen molar-refractivity contribution in [1.29, 1.82) is 0 Å². The van der Waals surface area contributed by atoms with Gasteiger partial charge in [-0.1, -0.05) is 29.3 Å². The largest absolute Gasteiger partial charge is 0.300 e. The lowest BCUT2D eigenvalue weighted by Crippen LogP contribution is -2.45. The second-order valence-electron chi connectivity index (χ2n) is 6.10. The van der Waals surface area contributed by atoms with Gasteiger partial charge in [0.2, 0.25) is 0 Å². The van der Waals surface area contributed by atoms with E-state index in [1.807, 2.05) is 18.2 Å². The molecule has 3 nitrogen and oxygen atoms in total. The van der Waals surface area contributed by atoms with Gasteiger partial charge in [0.1, 0.15) is 0 Å². The Labute approximate surface area is 130 Å². The van der Waals surface area contributed by atoms with E-state index in [9.17, 15) is 0 Å². The van der Waals surface area contributed by atoms with E-state index in [4.69, 9.17) is 29.0 Å². The number of rotatable bonds is 3. The molecular weight excluding hydrogens is 293 g/mol. The van der Waals surface area contributed by atoms with Crippen LogP contribution in [-0.4, -0.2) is 24.0 Å². The summed E-state index contributed by atoms with van der Waals surface area (Å²) in [7, 11) is 2.25. The van der Waals surface area contributed by atoms with E-state index in [2.05, 4.69) is 17.4 Å². The number of nitrogens with two attached hydrogens (primary N) is 1. The molecule has 3 unspecified atom stereocenters. The van der Waals surface area contributed by atoms with Gasteiger partial charge in [-0.15, -0.1) is 0 Å². The van der Waals surface area contributed by atoms with Crippen LogP contribution in [0.25, 0.3) is 0 Å². The molecule has 2 saturated heterocycles. The third-order valence-corrected chi connectivity index (χ3v) is 5.83. The molecule has 1 aromatic carbocycles. The van der Waals surface area contributed by atoms with Gasteiger partial charge in [-0.2, -0.15) is 0 Å². The Bertz CT molecular complexity index is 480. The smallest absolute Gasteiger partial charge is 0.0595 e. The van der Waals surface area contributed by atoms with Gasteiger partial charge in [0.25, 0.3) is 0 Å². The predicted octanol–water partition coefficient (Wildman–Crippen LogP) is 3.37. The number of benzene rings is 1. The second-order valence-corrected chi connectivity index (χ2v) is 6.91. The molecule has 2 fully saturated rings. The van der Waals surface area contributed by atoms with Crippen molar-refractivity contribution in [3.63, 3.8) is 0 Å². The molecule has 3 rings (SSSR count). The third-order valence-electron chi connectivity index (χ3n) is 5.09. The summed E-state index contributed by atoms with van der Waals surface area (Å²) in [5.74, 6) is 6.39. The second kappa shape index (κ2) is 5.82. The molecular formula is C15H21Cl2N3. The Kier molecular flexibility index (Phi) is 4.25. The maximum absolute atomic E-state index is 6.14. The minimum Gasteiger partial charge on any atom is -0.300 e. The van der Waals surface area contributed by atoms with Crippen LogP contribution in [0, 0.1) is 5.92 Å². The normalized spacial score (nSPS) is 31.5. The monoisotopic (exact) mass is 313 g/mol. The summed E-state index contributed by atoms with van der Waals surface area (Å²) in [6, 6.07) is 7.39. The predicted molar refractivity (Wildman–Crippen MR) is 83.8 cm³/mol. The highest BCUT2D eigenvalue weighted by atomic mass is 35.5. The highest BCUT2D eigenvalue weighted by molar-refractivity contribution is 6.42. The van der Waals surface area contributed by atoms with Crippen LogP contribution in [0.4, 0.5) is 0 Å². The summed E-state index contributed by atoms with van der Waals surface area (Å²) in [6.07, 6.45) is 5.02. The Hall–Kier alpha value is -0.320. The standard InChI is InChI=1S/C15H21Cl2N3/c1-20-11-3-4-12(20)7-10(6-11)15(19-18)9-2-5-13(16)14(17)8-9/h2,5,8,10-12,15,19H,3-4,6-7,18H2,1H3. The van der Waals surface area contributed by atoms with Crippen molar-refractivity contribution in [1.82, 2.24) is 10.3 Å². The first kappa shape index (κ1) is 14.6. The summed E-state index contributed by atoms with van der Waals surface area (Å²) in [5.41, 5.74) is 4.13. The van der Waals surface area contributed by atoms with E-state index in [-0.39, 0.29) is 6.04 Å². The molecule has 0 spiro atoms. The maximum atomic E-state index is 6.14. The molecule has 1 aromatic rings. The number of hydrogen-bond donors (Lipinski definition) is 2. The van der Waals surface area contributed by atoms with Gasteiger partial charge in [-0.3, -0.25) is 11.3 Å². The SMILES string of the molecule is CN1C2CCC1CC(C(NN)c1ccc(Cl)c(Cl)c1)C2. The Morgan fingerprint density at radius 2 is 1.85 bits per heavy atom. The molecule has 2 aliphatic heterocycles. The van der Waals surface area contributed by atoms with Crippen LogP contribution in [0.2, 0.25) is 10.0 Å². The van der Waals surface area contributed by atoms with Crippen LogP contribution >= 0.6 is 23.2 Å². The highest BCUT2D eigenvalue weighted by Gasteiger charge is 2.41. The number of fused-ring (bicyclic) bond motifs is 2. The van der Waals surface area contributed by atoms with E-state index in [1.165, 1.54) is 25.7 Å². The summed E-state index contributed by atoms with van der Waals surface area (Å²) in [6.45, 7) is 0. The summed E-state index contributed by atoms with van der Waals surface area (Å²) in [5, 5.41) is 1.19. The zero-order chi connectivity index (χ0) is 14.3. The summed E-state index contributed by atoms with van der Waals surface area (Å²) in [4.78, 5) is 2.54. The molecule has 0 amide bonds. The molecule has 5 heteroatoms. The van der Waals surface area contributed by atoms with E-state index < -0.39 is 0 Å². The molecule has 3 atom stereocenters. The fourth-order valence-corrected chi connectivity index (χ4v) is 4.24. The van der Waals surface area contributed by atoms with Crippen molar-refractivity contribution in [2.24, 2.45) is 11.8 Å². The van der Waals surface area contributed by atoms with Crippen LogP contribution in [-0.2, 0) is 0 Å². The van der Waals surface area contributed by atoms with Gasteiger partial charge in [0.05, 0.1) is 10.0 Å². The third kappa shape index (κ3) is 2.58. The van der Waals surface area contributed by atoms with Gasteiger partial charge in [-0.25, -0.2) is 0 Å². The van der Waals surface area contributed by atoms with Crippen molar-refractivity contribution in [3.8, 4) is 0 Å². The number of halogens is 2. The van der Waals surface area contributed by atoms with E-state index in [1.54, 1.807) is 0 Å². The summed E-state index contributed by atoms with van der Waals surface area (Å²) >= 11 is 12.1. The van der Waals surface area contributed by atoms with Gasteiger partial charge < -0.3 is 4.90 Å². The number of hydrazine groups is 1. The Morgan fingerprint density at radius 1 is 1.20 bits per heavy atom. The topological polar surface area (TPSA) is 41.3 Å². The fraction of sp³-hybridized carbons (Fsp3) is 0.600. The fourth-order valence-electron chi connectivity index (χ4n) is 3.94. The van der Waals surface area contributed by atoms with Gasteiger partial charge in [0.15, 0.2) is 0 Å². The molecule has 0 radical (unpaired) electrons. The van der Waals surface area contributed by atoms with Crippen molar-refractivity contribution >= 4 is 23.2 Å². The van der Waals surface area contributed by atoms with Crippen molar-refractivity contribution < 1.29 is 0 Å². The van der Waals surface area contributed by atoms with Crippen molar-refractivity contribution in [2.45, 2.75) is 43.8 Å². The molecule has 2 aliphatic rings. The molecule has 0 saturated carbocycles. The van der Waals surface area contributed by atoms with Crippen LogP contribution in [0.1, 0.15) is 37.3 Å². The van der Waals surface area contributed by atoms with Gasteiger partial charge >= 0.3 is 0 Å². The Morgan fingerprint density at radius 3 is 2.40 bits per heavy atom. The zero-order valence-electron chi connectivity index (χ0n) is 11.7. The van der Waals surface area contributed by atoms with Crippen molar-refractivity contribution in [2.75, 3.05) is 7.05 Å². The van der Waals surface area contributed by atoms with E-state index >= 15 is 0 Å². The number of nitrogens with one attached hydrogen (secondary N) is 1. The average molecular weight is 314 g/mol. The number of hydrogen-bond acceptors (Lipinski definition) is 3. The van der Waals surface area contributed by atoms with Gasteiger partial charge in [-0.05, 0) is 56.3 Å². The van der Waals surface area contributed by atoms with Crippen LogP contribution in [0.5, 0.6) is 0 Å². The average Bonchev–Trinajstić information content (AvgIpc) is 2.65. The lowest BCUT2D eigenvalue weighted by atomic mass is 9.82. The number of nitrogens with zero attached hydrogens (tertiary/aromatic N) is 1. The number of piperidine rings is 1. The molecule has 0 aliphatic carbocycles. The molecule has 3 N–H and O–H groups in total. The molecule has 2 heterocycles. The highest BCUT2D eigenvalue weighted by Crippen LogP contribution is 2.42. The minimum atomic E-state index is 0.154. The minimum absolute atomic E-state index is 0.154. The molecule has 0 aromatic heterocycles. The lowest BCUT2D eigenvalue weighted by Gasteiger charge is -2.39. The zero-order valence-corrected chi connectivity index (χ0v) is 13.2. The lowest BCUT2D eigenvalue weighted by molar-refractivity contribution is 0.112. The van der Waals surface area contributed by atoms with Crippen molar-refractivity contribution in [3.05, 3.63) is 33.8 Å². The van der Waals surface area contributed by atoms with Gasteiger partial charge in [0, 0.05) is 18.1 Å². The summed E-state index contributed by atoms with van der Waals surface area (Å²) < 4.78 is 0. The quantitative estimate of drug-likeness (QED) is 0.664. The first-order valence-corrected chi connectivity index (χ1v) is 7.98. The molecule has 20 heavy (non-hydrogen) atoms. The Balaban J connectivity index is 1.81. The maximum Gasteiger partial charge on any atom is 0.0595 e. The van der Waals surface area contributed by atoms with Crippen LogP contribution in [0.15, 0.2) is 18.2 Å². The van der Waals surface area contributed by atoms with E-state index in [0.717, 1.165) is 5.56 Å². The first-order chi connectivity index (χ1) is 9.60. The molecule has 2 bridgehead atoms. The van der Waals surface area contributed by atoms with Crippen LogP contribution in [0.3, 0.4) is 0 Å².